The molecular formula is C78H122O8. The molecule has 0 amide bonds. The lowest BCUT2D eigenvalue weighted by atomic mass is 10.1. The Morgan fingerprint density at radius 3 is 0.930 bits per heavy atom. The van der Waals surface area contributed by atoms with Crippen molar-refractivity contribution in [1.82, 2.24) is 0 Å². The number of rotatable bonds is 58. The standard InChI is InChI=1S/C78H122O8/c1-6-11-15-19-23-27-31-35-39-43-57-80-72-54-51-69(61-75(72)82-59-45-41-37-33-29-25-21-17-13-8-3)65-84-74-56-53-71(78(79)86-64-68-49-47-67(10-5)48-50-68)63-77(74)85-66-70-52-55-73(81-58-44-40-36-32-28-24-20-16-12-7-2)76(62-70)83-60-46-42-38-34-30-26-22-18-14-9-4/h10,47-56,61-63H,5-9,11-46,57-60,64-66H2,1-4H3. The first-order chi connectivity index (χ1) is 42.5. The van der Waals surface area contributed by atoms with Crippen LogP contribution < -0.4 is 28.4 Å². The maximum absolute atomic E-state index is 13.7. The summed E-state index contributed by atoms with van der Waals surface area (Å²) in [4.78, 5) is 13.7. The van der Waals surface area contributed by atoms with Gasteiger partial charge in [-0.3, -0.25) is 0 Å². The first-order valence-electron chi connectivity index (χ1n) is 35.5. The van der Waals surface area contributed by atoms with Crippen LogP contribution in [0.3, 0.4) is 0 Å². The van der Waals surface area contributed by atoms with Crippen LogP contribution in [0.5, 0.6) is 34.5 Å². The number of benzene rings is 4. The van der Waals surface area contributed by atoms with E-state index in [0.717, 1.165) is 83.8 Å². The van der Waals surface area contributed by atoms with E-state index < -0.39 is 5.97 Å². The van der Waals surface area contributed by atoms with Crippen molar-refractivity contribution in [3.63, 3.8) is 0 Å². The van der Waals surface area contributed by atoms with E-state index >= 15 is 0 Å². The fraction of sp³-hybridized carbons (Fsp3) is 0.654. The molecule has 0 unspecified atom stereocenters. The molecule has 0 atom stereocenters. The highest BCUT2D eigenvalue weighted by Crippen LogP contribution is 2.35. The highest BCUT2D eigenvalue weighted by molar-refractivity contribution is 5.90. The molecule has 0 bridgehead atoms. The SMILES string of the molecule is C=Cc1ccc(COC(=O)c2ccc(OCc3ccc(OCCCCCCCCCCCC)c(OCCCCCCCCCCCC)c3)c(OCc3ccc(OCCCCCCCCCCCC)c(OCCCCCCCCCCCC)c3)c2)cc1. The summed E-state index contributed by atoms with van der Waals surface area (Å²) in [5.41, 5.74) is 4.15. The molecule has 4 aromatic carbocycles. The fourth-order valence-corrected chi connectivity index (χ4v) is 11.0. The maximum Gasteiger partial charge on any atom is 0.338 e. The minimum atomic E-state index is -0.446. The fourth-order valence-electron chi connectivity index (χ4n) is 11.0. The summed E-state index contributed by atoms with van der Waals surface area (Å²) in [7, 11) is 0. The van der Waals surface area contributed by atoms with Gasteiger partial charge >= 0.3 is 5.97 Å². The highest BCUT2D eigenvalue weighted by atomic mass is 16.5. The molecule has 0 radical (unpaired) electrons. The molecule has 0 aliphatic carbocycles. The third-order valence-electron chi connectivity index (χ3n) is 16.6. The average Bonchev–Trinajstić information content (AvgIpc) is 3.66. The Kier molecular flexibility index (Phi) is 43.4. The molecule has 0 heterocycles. The molecule has 8 nitrogen and oxygen atoms in total. The van der Waals surface area contributed by atoms with E-state index in [1.165, 1.54) is 218 Å². The Bertz CT molecular complexity index is 2270. The van der Waals surface area contributed by atoms with E-state index in [1.54, 1.807) is 18.2 Å². The minimum Gasteiger partial charge on any atom is -0.490 e. The molecule has 0 saturated carbocycles. The molecule has 8 heteroatoms. The molecule has 0 fully saturated rings. The van der Waals surface area contributed by atoms with E-state index in [9.17, 15) is 4.79 Å². The zero-order valence-corrected chi connectivity index (χ0v) is 55.3. The molecule has 0 spiro atoms. The molecule has 0 aliphatic heterocycles. The van der Waals surface area contributed by atoms with E-state index in [2.05, 4.69) is 58.5 Å². The van der Waals surface area contributed by atoms with Gasteiger partial charge in [0.25, 0.3) is 0 Å². The molecule has 0 aromatic heterocycles. The second-order valence-corrected chi connectivity index (χ2v) is 24.4. The van der Waals surface area contributed by atoms with Gasteiger partial charge in [0.05, 0.1) is 32.0 Å². The summed E-state index contributed by atoms with van der Waals surface area (Å²) >= 11 is 0. The van der Waals surface area contributed by atoms with Gasteiger partial charge in [-0.1, -0.05) is 308 Å². The summed E-state index contributed by atoms with van der Waals surface area (Å²) in [6.45, 7) is 16.2. The lowest BCUT2D eigenvalue weighted by Crippen LogP contribution is -2.08. The van der Waals surface area contributed by atoms with Gasteiger partial charge in [-0.05, 0) is 90.4 Å². The van der Waals surface area contributed by atoms with Crippen molar-refractivity contribution >= 4 is 12.0 Å². The molecule has 4 rings (SSSR count). The van der Waals surface area contributed by atoms with Crippen LogP contribution in [0.2, 0.25) is 0 Å². The summed E-state index contributed by atoms with van der Waals surface area (Å²) in [6.07, 6.45) is 52.9. The summed E-state index contributed by atoms with van der Waals surface area (Å²) in [5, 5.41) is 0. The van der Waals surface area contributed by atoms with E-state index in [4.69, 9.17) is 33.2 Å². The first kappa shape index (κ1) is 73.4. The van der Waals surface area contributed by atoms with Crippen molar-refractivity contribution in [2.75, 3.05) is 26.4 Å². The number of hydrogen-bond acceptors (Lipinski definition) is 8. The predicted octanol–water partition coefficient (Wildman–Crippen LogP) is 24.0. The normalized spacial score (nSPS) is 11.2. The largest absolute Gasteiger partial charge is 0.490 e. The van der Waals surface area contributed by atoms with Crippen molar-refractivity contribution < 1.29 is 38.0 Å². The Morgan fingerprint density at radius 2 is 0.581 bits per heavy atom. The van der Waals surface area contributed by atoms with Gasteiger partial charge < -0.3 is 33.2 Å². The van der Waals surface area contributed by atoms with Crippen molar-refractivity contribution in [3.05, 3.63) is 113 Å². The van der Waals surface area contributed by atoms with Gasteiger partial charge in [0.1, 0.15) is 19.8 Å². The molecule has 0 aliphatic rings. The van der Waals surface area contributed by atoms with Crippen molar-refractivity contribution in [1.29, 1.82) is 0 Å². The molecule has 0 saturated heterocycles. The number of unbranched alkanes of at least 4 members (excludes halogenated alkanes) is 36. The Labute approximate surface area is 526 Å². The molecule has 0 N–H and O–H groups in total. The monoisotopic (exact) mass is 1190 g/mol. The van der Waals surface area contributed by atoms with Crippen LogP contribution in [0.25, 0.3) is 6.08 Å². The number of esters is 1. The second kappa shape index (κ2) is 50.8. The Hall–Kier alpha value is -5.11. The predicted molar refractivity (Wildman–Crippen MR) is 363 cm³/mol. The van der Waals surface area contributed by atoms with Crippen molar-refractivity contribution in [3.8, 4) is 34.5 Å². The van der Waals surface area contributed by atoms with Gasteiger partial charge in [-0.2, -0.15) is 0 Å². The number of ether oxygens (including phenoxy) is 7. The van der Waals surface area contributed by atoms with Crippen LogP contribution in [0.4, 0.5) is 0 Å². The highest BCUT2D eigenvalue weighted by Gasteiger charge is 2.17. The van der Waals surface area contributed by atoms with E-state index in [0.29, 0.717) is 43.5 Å². The third-order valence-corrected chi connectivity index (χ3v) is 16.6. The van der Waals surface area contributed by atoms with Gasteiger partial charge in [0, 0.05) is 0 Å². The van der Waals surface area contributed by atoms with E-state index in [-0.39, 0.29) is 19.8 Å². The number of carbonyl (C=O) groups excluding carboxylic acids is 1. The van der Waals surface area contributed by atoms with Gasteiger partial charge in [0.2, 0.25) is 0 Å². The lowest BCUT2D eigenvalue weighted by molar-refractivity contribution is 0.0472. The Balaban J connectivity index is 1.46. The Morgan fingerprint density at radius 1 is 0.302 bits per heavy atom. The van der Waals surface area contributed by atoms with Crippen molar-refractivity contribution in [2.45, 2.75) is 304 Å². The molecule has 4 aromatic rings. The second-order valence-electron chi connectivity index (χ2n) is 24.4. The van der Waals surface area contributed by atoms with Gasteiger partial charge in [-0.25, -0.2) is 4.79 Å². The van der Waals surface area contributed by atoms with Crippen LogP contribution in [0.1, 0.15) is 317 Å². The number of hydrogen-bond donors (Lipinski definition) is 0. The summed E-state index contributed by atoms with van der Waals surface area (Å²) in [6, 6.07) is 25.4. The quantitative estimate of drug-likeness (QED) is 0.0319. The van der Waals surface area contributed by atoms with Gasteiger partial charge in [0.15, 0.2) is 34.5 Å². The maximum atomic E-state index is 13.7. The van der Waals surface area contributed by atoms with Crippen LogP contribution in [0.15, 0.2) is 85.4 Å². The summed E-state index contributed by atoms with van der Waals surface area (Å²) in [5.74, 6) is 3.56. The van der Waals surface area contributed by atoms with E-state index in [1.807, 2.05) is 42.5 Å². The van der Waals surface area contributed by atoms with Crippen LogP contribution >= 0.6 is 0 Å². The summed E-state index contributed by atoms with van der Waals surface area (Å²) < 4.78 is 45.1. The van der Waals surface area contributed by atoms with Crippen LogP contribution in [0, 0.1) is 0 Å². The van der Waals surface area contributed by atoms with Gasteiger partial charge in [-0.15, -0.1) is 0 Å². The molecule has 482 valence electrons. The zero-order valence-electron chi connectivity index (χ0n) is 55.3. The minimum absolute atomic E-state index is 0.142. The molecule has 86 heavy (non-hydrogen) atoms. The first-order valence-corrected chi connectivity index (χ1v) is 35.5. The third kappa shape index (κ3) is 35.0. The lowest BCUT2D eigenvalue weighted by Gasteiger charge is -2.17. The van der Waals surface area contributed by atoms with Crippen LogP contribution in [-0.4, -0.2) is 32.4 Å². The van der Waals surface area contributed by atoms with Crippen molar-refractivity contribution in [2.24, 2.45) is 0 Å². The van der Waals surface area contributed by atoms with Crippen LogP contribution in [-0.2, 0) is 24.6 Å². The molecular weight excluding hydrogens is 1060 g/mol. The average molecular weight is 1190 g/mol. The zero-order chi connectivity index (χ0) is 61.0. The number of carbonyl (C=O) groups is 1. The topological polar surface area (TPSA) is 81.7 Å². The smallest absolute Gasteiger partial charge is 0.338 e.